The number of para-hydroxylation sites is 1. The maximum atomic E-state index is 12.7. The van der Waals surface area contributed by atoms with Gasteiger partial charge in [0, 0.05) is 55.7 Å². The quantitative estimate of drug-likeness (QED) is 0.369. The van der Waals surface area contributed by atoms with Crippen molar-refractivity contribution in [3.05, 3.63) is 54.3 Å². The first-order chi connectivity index (χ1) is 17.4. The summed E-state index contributed by atoms with van der Waals surface area (Å²) in [5, 5.41) is 8.33. The van der Waals surface area contributed by atoms with Gasteiger partial charge in [0.1, 0.15) is 0 Å². The van der Waals surface area contributed by atoms with E-state index in [-0.39, 0.29) is 11.4 Å². The van der Waals surface area contributed by atoms with E-state index in [2.05, 4.69) is 76.8 Å². The number of aryl methyl sites for hydroxylation is 1. The Morgan fingerprint density at radius 2 is 1.86 bits per heavy atom. The van der Waals surface area contributed by atoms with Gasteiger partial charge in [0.2, 0.25) is 11.8 Å². The van der Waals surface area contributed by atoms with Gasteiger partial charge < -0.3 is 19.3 Å². The lowest BCUT2D eigenvalue weighted by Gasteiger charge is -2.32. The Hall–Kier alpha value is -3.47. The number of anilines is 1. The Morgan fingerprint density at radius 3 is 2.56 bits per heavy atom. The molecule has 1 aliphatic rings. The van der Waals surface area contributed by atoms with Crippen LogP contribution in [-0.4, -0.2) is 44.3 Å². The molecule has 8 nitrogen and oxygen atoms in total. The van der Waals surface area contributed by atoms with E-state index in [4.69, 9.17) is 0 Å². The first-order valence-electron chi connectivity index (χ1n) is 12.2. The summed E-state index contributed by atoms with van der Waals surface area (Å²) in [4.78, 5) is 14.1. The molecule has 36 heavy (non-hydrogen) atoms. The molecule has 0 spiro atoms. The molecule has 1 saturated heterocycles. The van der Waals surface area contributed by atoms with Crippen molar-refractivity contribution in [2.24, 2.45) is 5.92 Å². The molecule has 0 bridgehead atoms. The Labute approximate surface area is 206 Å². The van der Waals surface area contributed by atoms with Crippen molar-refractivity contribution in [3.8, 4) is 11.4 Å². The smallest absolute Gasteiger partial charge is 0.347 e. The predicted octanol–water partition coefficient (Wildman–Crippen LogP) is 4.92. The summed E-state index contributed by atoms with van der Waals surface area (Å²) in [5.74, 6) is -0.460. The minimum absolute atomic E-state index is 0.184. The van der Waals surface area contributed by atoms with E-state index >= 15 is 0 Å². The van der Waals surface area contributed by atoms with Crippen LogP contribution < -0.4 is 10.2 Å². The second-order valence-electron chi connectivity index (χ2n) is 9.12. The van der Waals surface area contributed by atoms with Gasteiger partial charge in [-0.05, 0) is 43.4 Å². The van der Waals surface area contributed by atoms with Gasteiger partial charge in [-0.1, -0.05) is 30.3 Å². The molecule has 0 saturated carbocycles. The summed E-state index contributed by atoms with van der Waals surface area (Å²) >= 11 is 0. The van der Waals surface area contributed by atoms with Crippen LogP contribution in [0.25, 0.3) is 22.3 Å². The van der Waals surface area contributed by atoms with Crippen LogP contribution in [0.5, 0.6) is 0 Å². The van der Waals surface area contributed by atoms with E-state index in [1.165, 1.54) is 28.9 Å². The molecule has 0 radical (unpaired) electrons. The summed E-state index contributed by atoms with van der Waals surface area (Å²) in [5.41, 5.74) is 2.89. The highest BCUT2D eigenvalue weighted by molar-refractivity contribution is 5.83. The number of rotatable bonds is 8. The Kier molecular flexibility index (Phi) is 6.90. The average Bonchev–Trinajstić information content (AvgIpc) is 3.51. The van der Waals surface area contributed by atoms with Crippen LogP contribution in [0.3, 0.4) is 0 Å². The third-order valence-corrected chi connectivity index (χ3v) is 6.55. The molecule has 0 atom stereocenters. The van der Waals surface area contributed by atoms with Gasteiger partial charge in [-0.25, -0.2) is 9.97 Å². The highest BCUT2D eigenvalue weighted by Gasteiger charge is 2.38. The molecule has 4 heterocycles. The van der Waals surface area contributed by atoms with Crippen LogP contribution in [0.4, 0.5) is 19.1 Å². The second kappa shape index (κ2) is 10.3. The molecular weight excluding hydrogens is 471 g/mol. The third-order valence-electron chi connectivity index (χ3n) is 6.55. The topological polar surface area (TPSA) is 84.9 Å². The largest absolute Gasteiger partial charge is 0.471 e. The fraction of sp³-hybridized carbons (Fsp3) is 0.440. The minimum atomic E-state index is -4.68. The summed E-state index contributed by atoms with van der Waals surface area (Å²) in [6.07, 6.45) is 3.56. The van der Waals surface area contributed by atoms with Crippen molar-refractivity contribution in [3.63, 3.8) is 0 Å². The number of nitrogens with zero attached hydrogens (tertiary/aromatic N) is 6. The van der Waals surface area contributed by atoms with E-state index in [0.29, 0.717) is 11.9 Å². The highest BCUT2D eigenvalue weighted by atomic mass is 19.4. The number of aromatic nitrogens is 5. The van der Waals surface area contributed by atoms with Gasteiger partial charge in [0.05, 0.1) is 5.56 Å². The summed E-state index contributed by atoms with van der Waals surface area (Å²) in [7, 11) is 0. The third kappa shape index (κ3) is 5.20. The lowest BCUT2D eigenvalue weighted by atomic mass is 9.97. The van der Waals surface area contributed by atoms with Crippen molar-refractivity contribution in [2.45, 2.75) is 45.5 Å². The van der Waals surface area contributed by atoms with Crippen LogP contribution in [0.1, 0.15) is 37.6 Å². The first-order valence-corrected chi connectivity index (χ1v) is 12.2. The molecule has 0 aliphatic carbocycles. The maximum Gasteiger partial charge on any atom is 0.471 e. The molecule has 1 aromatic carbocycles. The van der Waals surface area contributed by atoms with Gasteiger partial charge in [0.15, 0.2) is 0 Å². The summed E-state index contributed by atoms with van der Waals surface area (Å²) < 4.78 is 44.6. The van der Waals surface area contributed by atoms with Gasteiger partial charge in [-0.2, -0.15) is 18.2 Å². The normalized spacial score (nSPS) is 15.2. The number of benzene rings is 1. The molecule has 5 rings (SSSR count). The maximum absolute atomic E-state index is 12.7. The number of fused-ring (bicyclic) bond motifs is 1. The van der Waals surface area contributed by atoms with Gasteiger partial charge in [-0.15, -0.1) is 0 Å². The zero-order valence-electron chi connectivity index (χ0n) is 20.0. The molecule has 1 aliphatic heterocycles. The van der Waals surface area contributed by atoms with Crippen LogP contribution >= 0.6 is 0 Å². The number of hydrogen-bond donors (Lipinski definition) is 1. The zero-order valence-corrected chi connectivity index (χ0v) is 20.0. The minimum Gasteiger partial charge on any atom is -0.347 e. The number of halogens is 3. The molecule has 1 fully saturated rings. The molecule has 0 unspecified atom stereocenters. The fourth-order valence-electron chi connectivity index (χ4n) is 4.69. The van der Waals surface area contributed by atoms with Crippen molar-refractivity contribution in [1.82, 2.24) is 30.0 Å². The lowest BCUT2D eigenvalue weighted by molar-refractivity contribution is -0.159. The summed E-state index contributed by atoms with van der Waals surface area (Å²) in [6, 6.07) is 8.55. The van der Waals surface area contributed by atoms with Gasteiger partial charge in [-0.3, -0.25) is 0 Å². The number of piperidine rings is 1. The Bertz CT molecular complexity index is 1290. The first kappa shape index (κ1) is 24.2. The zero-order chi connectivity index (χ0) is 25.1. The lowest BCUT2D eigenvalue weighted by Crippen LogP contribution is -2.38. The summed E-state index contributed by atoms with van der Waals surface area (Å²) in [6.45, 7) is 6.64. The van der Waals surface area contributed by atoms with E-state index in [9.17, 15) is 13.2 Å². The molecule has 190 valence electrons. The monoisotopic (exact) mass is 499 g/mol. The molecule has 0 amide bonds. The molecule has 4 aromatic rings. The van der Waals surface area contributed by atoms with E-state index in [0.717, 1.165) is 52.0 Å². The van der Waals surface area contributed by atoms with Crippen molar-refractivity contribution in [2.75, 3.05) is 24.5 Å². The predicted molar refractivity (Wildman–Crippen MR) is 129 cm³/mol. The second-order valence-corrected chi connectivity index (χ2v) is 9.12. The number of alkyl halides is 3. The van der Waals surface area contributed by atoms with E-state index < -0.39 is 12.1 Å². The molecule has 1 N–H and O–H groups in total. The standard InChI is InChI=1S/C25H28F3N7O/c1-2-9-35-16-19(20-5-3-4-6-21(20)35)13-29-12-17-7-10-34(11-8-17)24-30-14-18(15-31-24)22-32-23(36-33-22)25(26,27)28/h3-6,14-17,29H,2,7-13H2,1H3. The SMILES string of the molecule is CCCn1cc(CNCC2CCN(c3ncc(-c4noc(C(F)(F)F)n4)cn3)CC2)c2ccccc21. The highest BCUT2D eigenvalue weighted by Crippen LogP contribution is 2.29. The Balaban J connectivity index is 1.12. The average molecular weight is 500 g/mol. The van der Waals surface area contributed by atoms with Crippen LogP contribution in [0.2, 0.25) is 0 Å². The molecular formula is C25H28F3N7O. The van der Waals surface area contributed by atoms with Crippen LogP contribution in [-0.2, 0) is 19.3 Å². The van der Waals surface area contributed by atoms with Gasteiger partial charge >= 0.3 is 12.1 Å². The van der Waals surface area contributed by atoms with E-state index in [1.807, 2.05) is 0 Å². The fourth-order valence-corrected chi connectivity index (χ4v) is 4.69. The van der Waals surface area contributed by atoms with Gasteiger partial charge in [0.25, 0.3) is 0 Å². The van der Waals surface area contributed by atoms with E-state index in [1.54, 1.807) is 0 Å². The van der Waals surface area contributed by atoms with Crippen molar-refractivity contribution < 1.29 is 17.7 Å². The van der Waals surface area contributed by atoms with Crippen molar-refractivity contribution in [1.29, 1.82) is 0 Å². The number of nitrogens with one attached hydrogen (secondary N) is 1. The molecule has 3 aromatic heterocycles. The van der Waals surface area contributed by atoms with Crippen LogP contribution in [0, 0.1) is 5.92 Å². The van der Waals surface area contributed by atoms with Crippen molar-refractivity contribution >= 4 is 16.9 Å². The van der Waals surface area contributed by atoms with Crippen LogP contribution in [0.15, 0.2) is 47.4 Å². The number of hydrogen-bond acceptors (Lipinski definition) is 7. The Morgan fingerprint density at radius 1 is 1.11 bits per heavy atom. The molecule has 11 heteroatoms.